The highest BCUT2D eigenvalue weighted by Crippen LogP contribution is 2.10. The van der Waals surface area contributed by atoms with E-state index in [1.54, 1.807) is 0 Å². The van der Waals surface area contributed by atoms with Gasteiger partial charge in [0.1, 0.15) is 0 Å². The first-order valence-corrected chi connectivity index (χ1v) is 5.58. The Labute approximate surface area is 91.5 Å². The Hall–Kier alpha value is -0.530. The van der Waals surface area contributed by atoms with Crippen LogP contribution in [0.3, 0.4) is 0 Å². The molecular formula is C12H18ClN. The van der Waals surface area contributed by atoms with E-state index in [4.69, 9.17) is 11.6 Å². The minimum atomic E-state index is 0.538. The van der Waals surface area contributed by atoms with Crippen LogP contribution < -0.4 is 5.32 Å². The molecule has 0 unspecified atom stereocenters. The van der Waals surface area contributed by atoms with E-state index in [-0.39, 0.29) is 0 Å². The van der Waals surface area contributed by atoms with Crippen LogP contribution >= 0.6 is 11.6 Å². The normalized spacial score (nSPS) is 12.8. The summed E-state index contributed by atoms with van der Waals surface area (Å²) in [5.74, 6) is 0. The van der Waals surface area contributed by atoms with Crippen LogP contribution in [0.1, 0.15) is 25.8 Å². The molecule has 0 radical (unpaired) electrons. The lowest BCUT2D eigenvalue weighted by Gasteiger charge is -2.12. The topological polar surface area (TPSA) is 12.0 Å². The van der Waals surface area contributed by atoms with Gasteiger partial charge in [0, 0.05) is 11.1 Å². The molecule has 0 bridgehead atoms. The highest BCUT2D eigenvalue weighted by atomic mass is 35.5. The average molecular weight is 212 g/mol. The maximum absolute atomic E-state index is 5.82. The lowest BCUT2D eigenvalue weighted by Crippen LogP contribution is -2.28. The zero-order chi connectivity index (χ0) is 10.4. The summed E-state index contributed by atoms with van der Waals surface area (Å²) < 4.78 is 0. The van der Waals surface area contributed by atoms with Crippen LogP contribution in [0.4, 0.5) is 0 Å². The summed E-state index contributed by atoms with van der Waals surface area (Å²) in [6, 6.07) is 8.61. The lowest BCUT2D eigenvalue weighted by atomic mass is 10.1. The third kappa shape index (κ3) is 4.12. The quantitative estimate of drug-likeness (QED) is 0.789. The predicted molar refractivity (Wildman–Crippen MR) is 62.9 cm³/mol. The van der Waals surface area contributed by atoms with E-state index in [1.807, 2.05) is 12.1 Å². The van der Waals surface area contributed by atoms with Crippen LogP contribution in [0.2, 0.25) is 5.02 Å². The molecule has 1 N–H and O–H groups in total. The van der Waals surface area contributed by atoms with Crippen LogP contribution in [0.5, 0.6) is 0 Å². The van der Waals surface area contributed by atoms with Crippen LogP contribution in [-0.4, -0.2) is 12.6 Å². The van der Waals surface area contributed by atoms with Crippen LogP contribution in [0, 0.1) is 0 Å². The second kappa shape index (κ2) is 6.05. The van der Waals surface area contributed by atoms with Gasteiger partial charge < -0.3 is 5.32 Å². The molecule has 2 heteroatoms. The van der Waals surface area contributed by atoms with E-state index in [2.05, 4.69) is 31.3 Å². The molecule has 0 spiro atoms. The monoisotopic (exact) mass is 211 g/mol. The fourth-order valence-electron chi connectivity index (χ4n) is 1.44. The summed E-state index contributed by atoms with van der Waals surface area (Å²) in [6.07, 6.45) is 2.25. The molecular weight excluding hydrogens is 194 g/mol. The summed E-state index contributed by atoms with van der Waals surface area (Å²) in [7, 11) is 0. The van der Waals surface area contributed by atoms with Crippen LogP contribution in [-0.2, 0) is 6.42 Å². The highest BCUT2D eigenvalue weighted by Gasteiger charge is 2.01. The number of hydrogen-bond acceptors (Lipinski definition) is 1. The van der Waals surface area contributed by atoms with Crippen molar-refractivity contribution in [3.63, 3.8) is 0 Å². The molecule has 0 aliphatic rings. The SMILES string of the molecule is CCCN[C@@H](C)Cc1ccc(Cl)cc1. The average Bonchev–Trinajstić information content (AvgIpc) is 2.18. The van der Waals surface area contributed by atoms with Gasteiger partial charge >= 0.3 is 0 Å². The third-order valence-electron chi connectivity index (χ3n) is 2.20. The van der Waals surface area contributed by atoms with E-state index in [9.17, 15) is 0 Å². The molecule has 0 amide bonds. The second-order valence-electron chi connectivity index (χ2n) is 3.69. The number of nitrogens with one attached hydrogen (secondary N) is 1. The molecule has 1 rings (SSSR count). The fraction of sp³-hybridized carbons (Fsp3) is 0.500. The van der Waals surface area contributed by atoms with E-state index in [0.717, 1.165) is 18.0 Å². The van der Waals surface area contributed by atoms with Crippen molar-refractivity contribution < 1.29 is 0 Å². The number of rotatable bonds is 5. The van der Waals surface area contributed by atoms with E-state index in [0.29, 0.717) is 6.04 Å². The van der Waals surface area contributed by atoms with Gasteiger partial charge in [0.25, 0.3) is 0 Å². The van der Waals surface area contributed by atoms with Gasteiger partial charge in [-0.25, -0.2) is 0 Å². The minimum Gasteiger partial charge on any atom is -0.314 e. The Balaban J connectivity index is 2.39. The molecule has 1 aromatic carbocycles. The van der Waals surface area contributed by atoms with E-state index < -0.39 is 0 Å². The first kappa shape index (κ1) is 11.5. The summed E-state index contributed by atoms with van der Waals surface area (Å²) in [5, 5.41) is 4.27. The standard InChI is InChI=1S/C12H18ClN/c1-3-8-14-10(2)9-11-4-6-12(13)7-5-11/h4-7,10,14H,3,8-9H2,1-2H3/t10-/m0/s1. The summed E-state index contributed by atoms with van der Waals surface area (Å²) in [4.78, 5) is 0. The fourth-order valence-corrected chi connectivity index (χ4v) is 1.56. The molecule has 0 aromatic heterocycles. The predicted octanol–water partition coefficient (Wildman–Crippen LogP) is 3.27. The third-order valence-corrected chi connectivity index (χ3v) is 2.45. The van der Waals surface area contributed by atoms with Crippen molar-refractivity contribution in [2.75, 3.05) is 6.54 Å². The van der Waals surface area contributed by atoms with Crippen LogP contribution in [0.25, 0.3) is 0 Å². The van der Waals surface area contributed by atoms with Crippen molar-refractivity contribution in [2.45, 2.75) is 32.7 Å². The lowest BCUT2D eigenvalue weighted by molar-refractivity contribution is 0.543. The molecule has 1 atom stereocenters. The smallest absolute Gasteiger partial charge is 0.0406 e. The molecule has 0 aliphatic heterocycles. The largest absolute Gasteiger partial charge is 0.314 e. The molecule has 1 aromatic rings. The minimum absolute atomic E-state index is 0.538. The molecule has 0 aliphatic carbocycles. The van der Waals surface area contributed by atoms with Crippen molar-refractivity contribution in [1.82, 2.24) is 5.32 Å². The van der Waals surface area contributed by atoms with Gasteiger partial charge in [-0.05, 0) is 44.0 Å². The molecule has 1 nitrogen and oxygen atoms in total. The van der Waals surface area contributed by atoms with Gasteiger partial charge in [-0.1, -0.05) is 30.7 Å². The Morgan fingerprint density at radius 1 is 1.29 bits per heavy atom. The number of halogens is 1. The molecule has 78 valence electrons. The first-order chi connectivity index (χ1) is 6.72. The maximum Gasteiger partial charge on any atom is 0.0406 e. The maximum atomic E-state index is 5.82. The second-order valence-corrected chi connectivity index (χ2v) is 4.12. The number of benzene rings is 1. The molecule has 0 heterocycles. The molecule has 0 fully saturated rings. The van der Waals surface area contributed by atoms with E-state index >= 15 is 0 Å². The zero-order valence-corrected chi connectivity index (χ0v) is 9.64. The number of hydrogen-bond donors (Lipinski definition) is 1. The van der Waals surface area contributed by atoms with Gasteiger partial charge in [0.15, 0.2) is 0 Å². The van der Waals surface area contributed by atoms with Gasteiger partial charge in [-0.15, -0.1) is 0 Å². The van der Waals surface area contributed by atoms with Crippen LogP contribution in [0.15, 0.2) is 24.3 Å². The Morgan fingerprint density at radius 3 is 2.50 bits per heavy atom. The highest BCUT2D eigenvalue weighted by molar-refractivity contribution is 6.30. The zero-order valence-electron chi connectivity index (χ0n) is 8.89. The Kier molecular flexibility index (Phi) is 4.99. The van der Waals surface area contributed by atoms with Crippen molar-refractivity contribution in [2.24, 2.45) is 0 Å². The van der Waals surface area contributed by atoms with Gasteiger partial charge in [0.2, 0.25) is 0 Å². The Bertz CT molecular complexity index is 256. The summed E-state index contributed by atoms with van der Waals surface area (Å²) in [6.45, 7) is 5.49. The molecule has 0 saturated carbocycles. The Morgan fingerprint density at radius 2 is 1.93 bits per heavy atom. The van der Waals surface area contributed by atoms with E-state index in [1.165, 1.54) is 12.0 Å². The van der Waals surface area contributed by atoms with Gasteiger partial charge in [-0.2, -0.15) is 0 Å². The van der Waals surface area contributed by atoms with Crippen molar-refractivity contribution in [3.8, 4) is 0 Å². The van der Waals surface area contributed by atoms with Gasteiger partial charge in [0.05, 0.1) is 0 Å². The van der Waals surface area contributed by atoms with Crippen molar-refractivity contribution in [1.29, 1.82) is 0 Å². The summed E-state index contributed by atoms with van der Waals surface area (Å²) in [5.41, 5.74) is 1.34. The van der Waals surface area contributed by atoms with Gasteiger partial charge in [-0.3, -0.25) is 0 Å². The molecule has 0 saturated heterocycles. The van der Waals surface area contributed by atoms with Crippen molar-refractivity contribution in [3.05, 3.63) is 34.9 Å². The summed E-state index contributed by atoms with van der Waals surface area (Å²) >= 11 is 5.82. The molecule has 14 heavy (non-hydrogen) atoms. The van der Waals surface area contributed by atoms with Crippen molar-refractivity contribution >= 4 is 11.6 Å². The first-order valence-electron chi connectivity index (χ1n) is 5.20.